The van der Waals surface area contributed by atoms with Crippen molar-refractivity contribution in [1.82, 2.24) is 0 Å². The normalized spacial score (nSPS) is 17.1. The van der Waals surface area contributed by atoms with Gasteiger partial charge in [0.15, 0.2) is 0 Å². The van der Waals surface area contributed by atoms with Crippen LogP contribution in [-0.2, 0) is 0 Å². The molecule has 0 bridgehead atoms. The molecule has 0 aromatic heterocycles. The van der Waals surface area contributed by atoms with Crippen LogP contribution in [0, 0.1) is 0 Å². The second-order valence-electron chi connectivity index (χ2n) is 3.46. The molecule has 0 atom stereocenters. The number of halogens is 1. The van der Waals surface area contributed by atoms with Gasteiger partial charge in [-0.2, -0.15) is 0 Å². The summed E-state index contributed by atoms with van der Waals surface area (Å²) in [5, 5.41) is 0. The first kappa shape index (κ1) is 10.7. The Kier molecular flexibility index (Phi) is 3.63. The van der Waals surface area contributed by atoms with Crippen molar-refractivity contribution >= 4 is 0 Å². The SMILES string of the molecule is C=C/C(F)=C\C(=C)C1=CC=C(C)CC1. The highest BCUT2D eigenvalue weighted by Crippen LogP contribution is 2.24. The van der Waals surface area contributed by atoms with E-state index in [1.54, 1.807) is 0 Å². The fourth-order valence-electron chi connectivity index (χ4n) is 1.33. The predicted octanol–water partition coefficient (Wildman–Crippen LogP) is 4.25. The van der Waals surface area contributed by atoms with Gasteiger partial charge in [0, 0.05) is 0 Å². The molecule has 0 heterocycles. The maximum absolute atomic E-state index is 12.9. The van der Waals surface area contributed by atoms with E-state index in [9.17, 15) is 4.39 Å². The summed E-state index contributed by atoms with van der Waals surface area (Å²) < 4.78 is 12.9. The van der Waals surface area contributed by atoms with Crippen LogP contribution in [0.15, 0.2) is 60.0 Å². The van der Waals surface area contributed by atoms with Crippen molar-refractivity contribution in [3.05, 3.63) is 60.0 Å². The van der Waals surface area contributed by atoms with Crippen LogP contribution < -0.4 is 0 Å². The summed E-state index contributed by atoms with van der Waals surface area (Å²) in [4.78, 5) is 0. The van der Waals surface area contributed by atoms with Crippen LogP contribution >= 0.6 is 0 Å². The van der Waals surface area contributed by atoms with Crippen molar-refractivity contribution < 1.29 is 4.39 Å². The van der Waals surface area contributed by atoms with Gasteiger partial charge in [-0.1, -0.05) is 30.9 Å². The van der Waals surface area contributed by atoms with Crippen LogP contribution in [0.3, 0.4) is 0 Å². The van der Waals surface area contributed by atoms with E-state index in [0.717, 1.165) is 24.0 Å². The number of allylic oxidation sites excluding steroid dienone is 8. The highest BCUT2D eigenvalue weighted by molar-refractivity contribution is 5.43. The molecule has 74 valence electrons. The Hall–Kier alpha value is -1.37. The van der Waals surface area contributed by atoms with Gasteiger partial charge in [-0.3, -0.25) is 0 Å². The largest absolute Gasteiger partial charge is 0.207 e. The third-order valence-corrected chi connectivity index (χ3v) is 2.28. The quantitative estimate of drug-likeness (QED) is 0.584. The van der Waals surface area contributed by atoms with Crippen LogP contribution in [0.1, 0.15) is 19.8 Å². The van der Waals surface area contributed by atoms with E-state index in [4.69, 9.17) is 0 Å². The molecular formula is C13H15F. The molecule has 0 radical (unpaired) electrons. The molecule has 0 unspecified atom stereocenters. The summed E-state index contributed by atoms with van der Waals surface area (Å²) in [6.45, 7) is 9.28. The molecule has 0 nitrogen and oxygen atoms in total. The third kappa shape index (κ3) is 2.84. The Morgan fingerprint density at radius 1 is 1.43 bits per heavy atom. The molecule has 1 aliphatic rings. The zero-order valence-electron chi connectivity index (χ0n) is 8.52. The predicted molar refractivity (Wildman–Crippen MR) is 59.6 cm³/mol. The molecule has 1 rings (SSSR count). The van der Waals surface area contributed by atoms with Crippen LogP contribution in [0.2, 0.25) is 0 Å². The van der Waals surface area contributed by atoms with Crippen molar-refractivity contribution in [1.29, 1.82) is 0 Å². The minimum Gasteiger partial charge on any atom is -0.207 e. The van der Waals surface area contributed by atoms with Crippen LogP contribution in [0.5, 0.6) is 0 Å². The standard InChI is InChI=1S/C13H15F/c1-4-13(14)9-11(3)12-7-5-10(2)6-8-12/h4-5,7,9H,1,3,6,8H2,2H3/b13-9+. The smallest absolute Gasteiger partial charge is 0.123 e. The average Bonchev–Trinajstić information content (AvgIpc) is 2.18. The molecule has 0 amide bonds. The van der Waals surface area contributed by atoms with Gasteiger partial charge in [0.05, 0.1) is 0 Å². The van der Waals surface area contributed by atoms with Crippen molar-refractivity contribution in [2.75, 3.05) is 0 Å². The van der Waals surface area contributed by atoms with Crippen molar-refractivity contribution in [2.24, 2.45) is 0 Å². The zero-order chi connectivity index (χ0) is 10.6. The van der Waals surface area contributed by atoms with Gasteiger partial charge in [0.1, 0.15) is 5.83 Å². The van der Waals surface area contributed by atoms with Crippen LogP contribution in [0.25, 0.3) is 0 Å². The molecule has 1 heteroatoms. The molecule has 0 saturated carbocycles. The summed E-state index contributed by atoms with van der Waals surface area (Å²) in [5.74, 6) is -0.331. The Labute approximate surface area is 84.8 Å². The summed E-state index contributed by atoms with van der Waals surface area (Å²) >= 11 is 0. The van der Waals surface area contributed by atoms with E-state index < -0.39 is 0 Å². The van der Waals surface area contributed by atoms with Crippen LogP contribution in [0.4, 0.5) is 4.39 Å². The monoisotopic (exact) mass is 190 g/mol. The lowest BCUT2D eigenvalue weighted by Crippen LogP contribution is -1.92. The Morgan fingerprint density at radius 3 is 2.64 bits per heavy atom. The zero-order valence-corrected chi connectivity index (χ0v) is 8.52. The molecule has 0 aliphatic heterocycles. The highest BCUT2D eigenvalue weighted by atomic mass is 19.1. The Bertz CT molecular complexity index is 340. The fraction of sp³-hybridized carbons (Fsp3) is 0.231. The van der Waals surface area contributed by atoms with E-state index in [0.29, 0.717) is 0 Å². The van der Waals surface area contributed by atoms with Gasteiger partial charge in [-0.15, -0.1) is 0 Å². The minimum absolute atomic E-state index is 0.331. The van der Waals surface area contributed by atoms with Gasteiger partial charge in [0.2, 0.25) is 0 Å². The molecule has 14 heavy (non-hydrogen) atoms. The summed E-state index contributed by atoms with van der Waals surface area (Å²) in [6, 6.07) is 0. The molecule has 0 fully saturated rings. The third-order valence-electron chi connectivity index (χ3n) is 2.28. The molecule has 0 saturated heterocycles. The van der Waals surface area contributed by atoms with E-state index in [2.05, 4.69) is 26.2 Å². The summed E-state index contributed by atoms with van der Waals surface area (Å²) in [5.41, 5.74) is 3.20. The number of rotatable bonds is 3. The van der Waals surface area contributed by atoms with E-state index in [1.807, 2.05) is 6.08 Å². The van der Waals surface area contributed by atoms with Crippen molar-refractivity contribution in [2.45, 2.75) is 19.8 Å². The van der Waals surface area contributed by atoms with Gasteiger partial charge < -0.3 is 0 Å². The topological polar surface area (TPSA) is 0 Å². The van der Waals surface area contributed by atoms with E-state index in [-0.39, 0.29) is 5.83 Å². The number of hydrogen-bond acceptors (Lipinski definition) is 0. The Morgan fingerprint density at radius 2 is 2.14 bits per heavy atom. The first-order valence-electron chi connectivity index (χ1n) is 4.68. The van der Waals surface area contributed by atoms with E-state index in [1.165, 1.54) is 17.7 Å². The second-order valence-corrected chi connectivity index (χ2v) is 3.46. The molecule has 0 aromatic carbocycles. The summed E-state index contributed by atoms with van der Waals surface area (Å²) in [7, 11) is 0. The molecule has 0 spiro atoms. The maximum Gasteiger partial charge on any atom is 0.123 e. The van der Waals surface area contributed by atoms with Gasteiger partial charge in [0.25, 0.3) is 0 Å². The lowest BCUT2D eigenvalue weighted by molar-refractivity contribution is 0.666. The molecule has 1 aliphatic carbocycles. The maximum atomic E-state index is 12.9. The van der Waals surface area contributed by atoms with Gasteiger partial charge in [-0.05, 0) is 43.1 Å². The first-order valence-corrected chi connectivity index (χ1v) is 4.68. The first-order chi connectivity index (χ1) is 6.63. The fourth-order valence-corrected chi connectivity index (χ4v) is 1.33. The van der Waals surface area contributed by atoms with Crippen LogP contribution in [-0.4, -0.2) is 0 Å². The lowest BCUT2D eigenvalue weighted by atomic mass is 9.94. The van der Waals surface area contributed by atoms with Gasteiger partial charge in [-0.25, -0.2) is 4.39 Å². The average molecular weight is 190 g/mol. The summed E-state index contributed by atoms with van der Waals surface area (Å²) in [6.07, 6.45) is 8.66. The molecule has 0 aromatic rings. The molecule has 0 N–H and O–H groups in total. The highest BCUT2D eigenvalue weighted by Gasteiger charge is 2.05. The molecular weight excluding hydrogens is 175 g/mol. The minimum atomic E-state index is -0.331. The second kappa shape index (κ2) is 4.75. The van der Waals surface area contributed by atoms with E-state index >= 15 is 0 Å². The lowest BCUT2D eigenvalue weighted by Gasteiger charge is -2.11. The van der Waals surface area contributed by atoms with Gasteiger partial charge >= 0.3 is 0 Å². The van der Waals surface area contributed by atoms with Crippen molar-refractivity contribution in [3.8, 4) is 0 Å². The van der Waals surface area contributed by atoms with Crippen molar-refractivity contribution in [3.63, 3.8) is 0 Å². The Balaban J connectivity index is 2.77. The number of hydrogen-bond donors (Lipinski definition) is 0.